The van der Waals surface area contributed by atoms with Crippen molar-refractivity contribution in [3.05, 3.63) is 41.0 Å². The van der Waals surface area contributed by atoms with Crippen LogP contribution in [0.15, 0.2) is 18.7 Å². The van der Waals surface area contributed by atoms with Crippen molar-refractivity contribution in [3.8, 4) is 0 Å². The third-order valence-corrected chi connectivity index (χ3v) is 5.33. The van der Waals surface area contributed by atoms with Crippen LogP contribution in [0.3, 0.4) is 0 Å². The van der Waals surface area contributed by atoms with Gasteiger partial charge in [0, 0.05) is 12.8 Å². The van der Waals surface area contributed by atoms with Crippen molar-refractivity contribution < 1.29 is 14.7 Å². The molecule has 3 nitrogen and oxygen atoms in total. The molecule has 0 radical (unpaired) electrons. The number of benzene rings is 1. The van der Waals surface area contributed by atoms with Gasteiger partial charge < -0.3 is 5.11 Å². The molecule has 1 saturated carbocycles. The second-order valence-corrected chi connectivity index (χ2v) is 7.41. The highest BCUT2D eigenvalue weighted by atomic mass is 16.4. The first kappa shape index (κ1) is 18.4. The highest BCUT2D eigenvalue weighted by molar-refractivity contribution is 5.88. The van der Waals surface area contributed by atoms with E-state index in [1.807, 2.05) is 26.8 Å². The minimum absolute atomic E-state index is 0.0268. The van der Waals surface area contributed by atoms with Crippen molar-refractivity contribution in [1.29, 1.82) is 0 Å². The minimum Gasteiger partial charge on any atom is -0.481 e. The number of ketones is 1. The molecule has 1 aromatic rings. The van der Waals surface area contributed by atoms with Gasteiger partial charge in [0.05, 0.1) is 5.41 Å². The summed E-state index contributed by atoms with van der Waals surface area (Å²) in [5.41, 5.74) is 4.44. The van der Waals surface area contributed by atoms with Crippen LogP contribution in [-0.4, -0.2) is 16.9 Å². The fraction of sp³-hybridized carbons (Fsp3) is 0.524. The summed E-state index contributed by atoms with van der Waals surface area (Å²) in [6, 6.07) is 4.12. The van der Waals surface area contributed by atoms with Gasteiger partial charge in [0.25, 0.3) is 0 Å². The second kappa shape index (κ2) is 7.33. The first-order valence-electron chi connectivity index (χ1n) is 8.76. The fourth-order valence-corrected chi connectivity index (χ4v) is 3.89. The van der Waals surface area contributed by atoms with E-state index in [0.29, 0.717) is 19.3 Å². The summed E-state index contributed by atoms with van der Waals surface area (Å²) in [7, 11) is 0. The molecule has 1 aromatic carbocycles. The molecule has 0 bridgehead atoms. The Kier molecular flexibility index (Phi) is 5.63. The van der Waals surface area contributed by atoms with E-state index in [0.717, 1.165) is 47.1 Å². The number of carbonyl (C=O) groups is 2. The maximum Gasteiger partial charge on any atom is 0.310 e. The highest BCUT2D eigenvalue weighted by Gasteiger charge is 2.41. The highest BCUT2D eigenvalue weighted by Crippen LogP contribution is 2.40. The van der Waals surface area contributed by atoms with Gasteiger partial charge in [0.15, 0.2) is 0 Å². The lowest BCUT2D eigenvalue weighted by Gasteiger charge is -2.32. The molecule has 0 aromatic heterocycles. The molecule has 24 heavy (non-hydrogen) atoms. The molecule has 1 fully saturated rings. The normalized spacial score (nSPS) is 16.6. The van der Waals surface area contributed by atoms with Gasteiger partial charge in [-0.3, -0.25) is 9.59 Å². The Balaban J connectivity index is 2.18. The zero-order chi connectivity index (χ0) is 17.9. The molecule has 0 atom stereocenters. The Morgan fingerprint density at radius 1 is 1.12 bits per heavy atom. The van der Waals surface area contributed by atoms with Crippen LogP contribution in [0.2, 0.25) is 0 Å². The van der Waals surface area contributed by atoms with E-state index in [-0.39, 0.29) is 12.2 Å². The molecule has 1 aliphatic rings. The SMILES string of the molecule is C=C(C)c1cc(CC(=O)CC2(C(=O)O)CCCCC2)c(C)cc1C. The molecule has 0 spiro atoms. The van der Waals surface area contributed by atoms with E-state index in [4.69, 9.17) is 0 Å². The van der Waals surface area contributed by atoms with Crippen LogP contribution >= 0.6 is 0 Å². The second-order valence-electron chi connectivity index (χ2n) is 7.41. The van der Waals surface area contributed by atoms with E-state index < -0.39 is 11.4 Å². The van der Waals surface area contributed by atoms with Gasteiger partial charge in [-0.25, -0.2) is 0 Å². The predicted molar refractivity (Wildman–Crippen MR) is 97.1 cm³/mol. The Morgan fingerprint density at radius 2 is 1.75 bits per heavy atom. The number of aliphatic carboxylic acids is 1. The summed E-state index contributed by atoms with van der Waals surface area (Å²) in [6.45, 7) is 10.0. The first-order valence-corrected chi connectivity index (χ1v) is 8.76. The van der Waals surface area contributed by atoms with Crippen molar-refractivity contribution in [2.24, 2.45) is 5.41 Å². The zero-order valence-corrected chi connectivity index (χ0v) is 15.1. The standard InChI is InChI=1S/C21H28O3/c1-14(2)19-12-17(15(3)10-16(19)4)11-18(22)13-21(20(23)24)8-6-5-7-9-21/h10,12H,1,5-9,11,13H2,2-4H3,(H,23,24). The number of hydrogen-bond acceptors (Lipinski definition) is 2. The lowest BCUT2D eigenvalue weighted by Crippen LogP contribution is -2.36. The lowest BCUT2D eigenvalue weighted by molar-refractivity contribution is -0.153. The van der Waals surface area contributed by atoms with Gasteiger partial charge in [-0.2, -0.15) is 0 Å². The van der Waals surface area contributed by atoms with Gasteiger partial charge in [0.1, 0.15) is 5.78 Å². The number of carbonyl (C=O) groups excluding carboxylic acids is 1. The number of hydrogen-bond donors (Lipinski definition) is 1. The van der Waals surface area contributed by atoms with E-state index in [2.05, 4.69) is 12.6 Å². The maximum absolute atomic E-state index is 12.6. The van der Waals surface area contributed by atoms with Crippen LogP contribution in [0.4, 0.5) is 0 Å². The van der Waals surface area contributed by atoms with Crippen LogP contribution in [0.25, 0.3) is 5.57 Å². The summed E-state index contributed by atoms with van der Waals surface area (Å²) in [6.07, 6.45) is 4.59. The summed E-state index contributed by atoms with van der Waals surface area (Å²) < 4.78 is 0. The molecular formula is C21H28O3. The number of allylic oxidation sites excluding steroid dienone is 1. The van der Waals surface area contributed by atoms with Crippen LogP contribution in [0.1, 0.15) is 67.7 Å². The molecule has 130 valence electrons. The fourth-order valence-electron chi connectivity index (χ4n) is 3.89. The van der Waals surface area contributed by atoms with Crippen LogP contribution in [-0.2, 0) is 16.0 Å². The Morgan fingerprint density at radius 3 is 2.29 bits per heavy atom. The molecule has 0 heterocycles. The van der Waals surface area contributed by atoms with Gasteiger partial charge in [-0.15, -0.1) is 0 Å². The van der Waals surface area contributed by atoms with Crippen molar-refractivity contribution in [1.82, 2.24) is 0 Å². The van der Waals surface area contributed by atoms with Crippen LogP contribution in [0, 0.1) is 19.3 Å². The van der Waals surface area contributed by atoms with Crippen molar-refractivity contribution in [3.63, 3.8) is 0 Å². The topological polar surface area (TPSA) is 54.4 Å². The minimum atomic E-state index is -0.842. The summed E-state index contributed by atoms with van der Waals surface area (Å²) >= 11 is 0. The molecule has 0 unspecified atom stereocenters. The van der Waals surface area contributed by atoms with Crippen molar-refractivity contribution >= 4 is 17.3 Å². The first-order chi connectivity index (χ1) is 11.2. The molecular weight excluding hydrogens is 300 g/mol. The van der Waals surface area contributed by atoms with E-state index in [1.54, 1.807) is 0 Å². The van der Waals surface area contributed by atoms with Crippen molar-refractivity contribution in [2.45, 2.75) is 65.7 Å². The molecule has 0 saturated heterocycles. The van der Waals surface area contributed by atoms with Gasteiger partial charge >= 0.3 is 5.97 Å². The number of Topliss-reactive ketones (excluding diaryl/α,β-unsaturated/α-hetero) is 1. The average Bonchev–Trinajstić information content (AvgIpc) is 2.50. The molecule has 3 heteroatoms. The smallest absolute Gasteiger partial charge is 0.310 e. The largest absolute Gasteiger partial charge is 0.481 e. The Labute approximate surface area is 144 Å². The third kappa shape index (κ3) is 3.95. The molecule has 0 aliphatic heterocycles. The quantitative estimate of drug-likeness (QED) is 0.810. The Hall–Kier alpha value is -1.90. The third-order valence-electron chi connectivity index (χ3n) is 5.33. The monoisotopic (exact) mass is 328 g/mol. The molecule has 0 amide bonds. The van der Waals surface area contributed by atoms with Crippen molar-refractivity contribution in [2.75, 3.05) is 0 Å². The number of carboxylic acid groups (broad SMARTS) is 1. The summed E-state index contributed by atoms with van der Waals surface area (Å²) in [5.74, 6) is -0.780. The van der Waals surface area contributed by atoms with Gasteiger partial charge in [-0.05, 0) is 55.9 Å². The molecule has 2 rings (SSSR count). The van der Waals surface area contributed by atoms with Crippen LogP contribution < -0.4 is 0 Å². The lowest BCUT2D eigenvalue weighted by atomic mass is 9.70. The zero-order valence-electron chi connectivity index (χ0n) is 15.1. The van der Waals surface area contributed by atoms with Gasteiger partial charge in [0.2, 0.25) is 0 Å². The van der Waals surface area contributed by atoms with Gasteiger partial charge in [-0.1, -0.05) is 43.5 Å². The average molecular weight is 328 g/mol. The summed E-state index contributed by atoms with van der Waals surface area (Å²) in [5, 5.41) is 9.65. The number of aryl methyl sites for hydroxylation is 2. The number of rotatable bonds is 6. The van der Waals surface area contributed by atoms with E-state index in [1.165, 1.54) is 0 Å². The summed E-state index contributed by atoms with van der Waals surface area (Å²) in [4.78, 5) is 24.4. The Bertz CT molecular complexity index is 664. The van der Waals surface area contributed by atoms with Crippen LogP contribution in [0.5, 0.6) is 0 Å². The van der Waals surface area contributed by atoms with E-state index in [9.17, 15) is 14.7 Å². The predicted octanol–water partition coefficient (Wildman–Crippen LogP) is 4.87. The number of carboxylic acids is 1. The van der Waals surface area contributed by atoms with E-state index >= 15 is 0 Å². The molecule has 1 N–H and O–H groups in total. The molecule has 1 aliphatic carbocycles. The maximum atomic E-state index is 12.6.